The molecule has 0 aromatic rings. The molecule has 0 spiro atoms. The fourth-order valence-electron chi connectivity index (χ4n) is 2.63. The molecule has 0 aromatic carbocycles. The summed E-state index contributed by atoms with van der Waals surface area (Å²) in [6.45, 7) is 8.13. The van der Waals surface area contributed by atoms with Crippen LogP contribution >= 0.6 is 11.6 Å². The Labute approximate surface area is 90.0 Å². The van der Waals surface area contributed by atoms with E-state index in [4.69, 9.17) is 16.7 Å². The summed E-state index contributed by atoms with van der Waals surface area (Å²) in [7, 11) is 0. The van der Waals surface area contributed by atoms with Crippen LogP contribution < -0.4 is 0 Å². The van der Waals surface area contributed by atoms with Gasteiger partial charge in [-0.25, -0.2) is 4.79 Å². The molecule has 0 saturated heterocycles. The van der Waals surface area contributed by atoms with Gasteiger partial charge in [-0.3, -0.25) is 0 Å². The summed E-state index contributed by atoms with van der Waals surface area (Å²) in [6.07, 6.45) is 1.53. The van der Waals surface area contributed by atoms with Crippen LogP contribution in [-0.4, -0.2) is 11.1 Å². The van der Waals surface area contributed by atoms with Crippen molar-refractivity contribution in [1.29, 1.82) is 0 Å². The Kier molecular flexibility index (Phi) is 2.70. The van der Waals surface area contributed by atoms with Gasteiger partial charge >= 0.3 is 5.97 Å². The highest BCUT2D eigenvalue weighted by Crippen LogP contribution is 2.49. The van der Waals surface area contributed by atoms with Crippen molar-refractivity contribution in [1.82, 2.24) is 0 Å². The minimum absolute atomic E-state index is 0.0968. The second-order valence-electron chi connectivity index (χ2n) is 5.49. The Bertz CT molecular complexity index is 300. The summed E-state index contributed by atoms with van der Waals surface area (Å²) in [5, 5.41) is 9.58. The van der Waals surface area contributed by atoms with E-state index in [9.17, 15) is 4.79 Å². The quantitative estimate of drug-likeness (QED) is 0.730. The molecule has 0 aliphatic heterocycles. The van der Waals surface area contributed by atoms with Gasteiger partial charge in [0.2, 0.25) is 0 Å². The molecule has 1 aliphatic carbocycles. The standard InChI is InChI=1S/C11H17ClO2/c1-10(2)5-7(12)8(9(13)14)11(3,4)6-10/h5-6H2,1-4H3,(H,13,14). The van der Waals surface area contributed by atoms with E-state index in [1.54, 1.807) is 0 Å². The van der Waals surface area contributed by atoms with Crippen molar-refractivity contribution < 1.29 is 9.90 Å². The summed E-state index contributed by atoms with van der Waals surface area (Å²) < 4.78 is 0. The molecule has 0 aromatic heterocycles. The van der Waals surface area contributed by atoms with E-state index in [1.165, 1.54) is 0 Å². The lowest BCUT2D eigenvalue weighted by Crippen LogP contribution is -2.33. The number of hydrogen-bond acceptors (Lipinski definition) is 1. The highest BCUT2D eigenvalue weighted by molar-refractivity contribution is 6.31. The fourth-order valence-corrected chi connectivity index (χ4v) is 3.33. The van der Waals surface area contributed by atoms with Crippen molar-refractivity contribution in [2.45, 2.75) is 40.5 Å². The van der Waals surface area contributed by atoms with Gasteiger partial charge in [-0.2, -0.15) is 0 Å². The largest absolute Gasteiger partial charge is 0.478 e. The number of rotatable bonds is 1. The van der Waals surface area contributed by atoms with E-state index < -0.39 is 5.97 Å². The molecule has 0 heterocycles. The summed E-state index contributed by atoms with van der Waals surface area (Å²) in [5.41, 5.74) is 0.156. The van der Waals surface area contributed by atoms with Gasteiger partial charge in [-0.1, -0.05) is 39.3 Å². The number of carboxylic acid groups (broad SMARTS) is 1. The van der Waals surface area contributed by atoms with Gasteiger partial charge in [0, 0.05) is 5.03 Å². The lowest BCUT2D eigenvalue weighted by Gasteiger charge is -2.40. The molecule has 0 bridgehead atoms. The molecule has 80 valence electrons. The topological polar surface area (TPSA) is 37.3 Å². The average molecular weight is 217 g/mol. The predicted octanol–water partition coefficient (Wildman–Crippen LogP) is 3.41. The van der Waals surface area contributed by atoms with Gasteiger partial charge in [0.25, 0.3) is 0 Å². The number of carboxylic acids is 1. The van der Waals surface area contributed by atoms with Crippen LogP contribution in [0, 0.1) is 10.8 Å². The van der Waals surface area contributed by atoms with Crippen LogP contribution in [-0.2, 0) is 4.79 Å². The first kappa shape index (κ1) is 11.6. The van der Waals surface area contributed by atoms with Crippen molar-refractivity contribution in [3.05, 3.63) is 10.6 Å². The van der Waals surface area contributed by atoms with Crippen LogP contribution in [0.5, 0.6) is 0 Å². The van der Waals surface area contributed by atoms with Crippen LogP contribution in [0.4, 0.5) is 0 Å². The Balaban J connectivity index is 3.19. The Morgan fingerprint density at radius 1 is 1.36 bits per heavy atom. The zero-order valence-corrected chi connectivity index (χ0v) is 9.90. The normalized spacial score (nSPS) is 24.9. The molecule has 0 saturated carbocycles. The molecule has 14 heavy (non-hydrogen) atoms. The molecule has 0 amide bonds. The van der Waals surface area contributed by atoms with Crippen LogP contribution in [0.25, 0.3) is 0 Å². The Hall–Kier alpha value is -0.500. The SMILES string of the molecule is CC1(C)CC(Cl)=C(C(=O)O)C(C)(C)C1. The summed E-state index contributed by atoms with van der Waals surface area (Å²) in [6, 6.07) is 0. The average Bonchev–Trinajstić information content (AvgIpc) is 1.75. The molecule has 0 fully saturated rings. The smallest absolute Gasteiger partial charge is 0.333 e. The minimum Gasteiger partial charge on any atom is -0.478 e. The fraction of sp³-hybridized carbons (Fsp3) is 0.727. The van der Waals surface area contributed by atoms with E-state index in [1.807, 2.05) is 13.8 Å². The number of hydrogen-bond donors (Lipinski definition) is 1. The highest BCUT2D eigenvalue weighted by Gasteiger charge is 2.41. The second kappa shape index (κ2) is 3.27. The first-order valence-corrected chi connectivity index (χ1v) is 5.16. The molecule has 1 N–H and O–H groups in total. The molecular formula is C11H17ClO2. The summed E-state index contributed by atoms with van der Waals surface area (Å²) >= 11 is 6.05. The number of carbonyl (C=O) groups is 1. The van der Waals surface area contributed by atoms with Gasteiger partial charge in [-0.05, 0) is 23.7 Å². The molecule has 0 atom stereocenters. The third-order valence-electron chi connectivity index (χ3n) is 2.72. The van der Waals surface area contributed by atoms with Crippen LogP contribution in [0.2, 0.25) is 0 Å². The molecule has 2 nitrogen and oxygen atoms in total. The number of halogens is 1. The molecule has 1 aliphatic rings. The van der Waals surface area contributed by atoms with E-state index >= 15 is 0 Å². The summed E-state index contributed by atoms with van der Waals surface area (Å²) in [4.78, 5) is 11.0. The monoisotopic (exact) mass is 216 g/mol. The van der Waals surface area contributed by atoms with E-state index in [2.05, 4.69) is 13.8 Å². The van der Waals surface area contributed by atoms with Crippen LogP contribution in [0.3, 0.4) is 0 Å². The van der Waals surface area contributed by atoms with Crippen molar-refractivity contribution in [2.75, 3.05) is 0 Å². The predicted molar refractivity (Wildman–Crippen MR) is 57.3 cm³/mol. The van der Waals surface area contributed by atoms with Crippen molar-refractivity contribution in [2.24, 2.45) is 10.8 Å². The highest BCUT2D eigenvalue weighted by atomic mass is 35.5. The minimum atomic E-state index is -0.879. The van der Waals surface area contributed by atoms with E-state index in [0.717, 1.165) is 6.42 Å². The lowest BCUT2D eigenvalue weighted by atomic mass is 9.65. The van der Waals surface area contributed by atoms with Gasteiger partial charge in [0.1, 0.15) is 0 Å². The Morgan fingerprint density at radius 3 is 2.21 bits per heavy atom. The van der Waals surface area contributed by atoms with Gasteiger partial charge < -0.3 is 5.11 Å². The van der Waals surface area contributed by atoms with Crippen molar-refractivity contribution in [3.8, 4) is 0 Å². The van der Waals surface area contributed by atoms with Gasteiger partial charge in [-0.15, -0.1) is 0 Å². The second-order valence-corrected chi connectivity index (χ2v) is 5.94. The first-order chi connectivity index (χ1) is 6.16. The zero-order valence-electron chi connectivity index (χ0n) is 9.15. The molecule has 0 unspecified atom stereocenters. The van der Waals surface area contributed by atoms with Gasteiger partial charge in [0.15, 0.2) is 0 Å². The maximum atomic E-state index is 11.0. The van der Waals surface area contributed by atoms with Crippen molar-refractivity contribution in [3.63, 3.8) is 0 Å². The van der Waals surface area contributed by atoms with Crippen LogP contribution in [0.15, 0.2) is 10.6 Å². The lowest BCUT2D eigenvalue weighted by molar-refractivity contribution is -0.134. The third-order valence-corrected chi connectivity index (χ3v) is 3.04. The number of allylic oxidation sites excluding steroid dienone is 1. The van der Waals surface area contributed by atoms with Crippen molar-refractivity contribution >= 4 is 17.6 Å². The third kappa shape index (κ3) is 2.11. The first-order valence-electron chi connectivity index (χ1n) is 4.78. The Morgan fingerprint density at radius 2 is 1.86 bits per heavy atom. The maximum Gasteiger partial charge on any atom is 0.333 e. The molecule has 0 radical (unpaired) electrons. The summed E-state index contributed by atoms with van der Waals surface area (Å²) in [5.74, 6) is -0.879. The molecule has 3 heteroatoms. The molecule has 1 rings (SSSR count). The molecular weight excluding hydrogens is 200 g/mol. The van der Waals surface area contributed by atoms with Crippen LogP contribution in [0.1, 0.15) is 40.5 Å². The maximum absolute atomic E-state index is 11.0. The van der Waals surface area contributed by atoms with E-state index in [-0.39, 0.29) is 10.8 Å². The number of aliphatic carboxylic acids is 1. The van der Waals surface area contributed by atoms with E-state index in [0.29, 0.717) is 17.0 Å². The zero-order chi connectivity index (χ0) is 11.1. The van der Waals surface area contributed by atoms with Gasteiger partial charge in [0.05, 0.1) is 5.57 Å².